The number of nitrogen functional groups attached to an aromatic ring is 1. The van der Waals surface area contributed by atoms with E-state index < -0.39 is 10.0 Å². The fraction of sp³-hybridized carbons (Fsp3) is 0.727. The number of hydrogen-bond donors (Lipinski definition) is 2. The average Bonchev–Trinajstić information content (AvgIpc) is 2.84. The van der Waals surface area contributed by atoms with Crippen molar-refractivity contribution in [2.45, 2.75) is 18.7 Å². The molecule has 0 spiro atoms. The van der Waals surface area contributed by atoms with Crippen LogP contribution in [-0.4, -0.2) is 62.4 Å². The van der Waals surface area contributed by atoms with Gasteiger partial charge in [-0.15, -0.1) is 0 Å². The minimum absolute atomic E-state index is 0.0227. The molecule has 1 aromatic heterocycles. The highest BCUT2D eigenvalue weighted by atomic mass is 32.2. The molecule has 0 fully saturated rings. The summed E-state index contributed by atoms with van der Waals surface area (Å²) in [5.74, 6) is 0.0304. The maximum Gasteiger partial charge on any atom is 0.248 e. The second-order valence-corrected chi connectivity index (χ2v) is 5.85. The van der Waals surface area contributed by atoms with Crippen LogP contribution in [-0.2, 0) is 19.5 Å². The summed E-state index contributed by atoms with van der Waals surface area (Å²) < 4.78 is 36.7. The van der Waals surface area contributed by atoms with Crippen LogP contribution in [0.1, 0.15) is 13.8 Å². The van der Waals surface area contributed by atoms with Crippen molar-refractivity contribution in [3.05, 3.63) is 6.20 Å². The zero-order valence-corrected chi connectivity index (χ0v) is 12.6. The first kappa shape index (κ1) is 16.9. The lowest BCUT2D eigenvalue weighted by molar-refractivity contribution is 0.110. The number of ether oxygens (including phenoxy) is 2. The molecule has 0 saturated heterocycles. The number of nitrogens with zero attached hydrogens (tertiary/aromatic N) is 2. The number of hydrogen-bond acceptors (Lipinski definition) is 6. The molecule has 116 valence electrons. The van der Waals surface area contributed by atoms with Crippen LogP contribution in [0, 0.1) is 0 Å². The van der Waals surface area contributed by atoms with E-state index in [0.717, 1.165) is 0 Å². The van der Waals surface area contributed by atoms with Crippen molar-refractivity contribution < 1.29 is 17.9 Å². The predicted octanol–water partition coefficient (Wildman–Crippen LogP) is 0.0556. The van der Waals surface area contributed by atoms with E-state index in [9.17, 15) is 8.42 Å². The SMILES string of the molecule is CCOCCN(CCOCC)S(=O)(=O)c1cn[nH]c1N. The van der Waals surface area contributed by atoms with Crippen molar-refractivity contribution in [2.24, 2.45) is 0 Å². The van der Waals surface area contributed by atoms with E-state index in [0.29, 0.717) is 26.4 Å². The zero-order valence-electron chi connectivity index (χ0n) is 11.8. The summed E-state index contributed by atoms with van der Waals surface area (Å²) in [6, 6.07) is 0. The van der Waals surface area contributed by atoms with Gasteiger partial charge in [0.1, 0.15) is 10.7 Å². The lowest BCUT2D eigenvalue weighted by Gasteiger charge is -2.21. The quantitative estimate of drug-likeness (QED) is 0.591. The van der Waals surface area contributed by atoms with Crippen LogP contribution in [0.4, 0.5) is 5.82 Å². The number of nitrogens with one attached hydrogen (secondary N) is 1. The molecular weight excluding hydrogens is 284 g/mol. The fourth-order valence-corrected chi connectivity index (χ4v) is 3.02. The highest BCUT2D eigenvalue weighted by Gasteiger charge is 2.27. The Hall–Kier alpha value is -1.16. The summed E-state index contributed by atoms with van der Waals surface area (Å²) in [4.78, 5) is -0.0227. The maximum absolute atomic E-state index is 12.5. The van der Waals surface area contributed by atoms with Crippen molar-refractivity contribution >= 4 is 15.8 Å². The van der Waals surface area contributed by atoms with Gasteiger partial charge in [-0.1, -0.05) is 0 Å². The Morgan fingerprint density at radius 1 is 1.25 bits per heavy atom. The molecule has 1 aromatic rings. The lowest BCUT2D eigenvalue weighted by Crippen LogP contribution is -2.37. The van der Waals surface area contributed by atoms with Gasteiger partial charge in [0.05, 0.1) is 19.4 Å². The molecule has 3 N–H and O–H groups in total. The second kappa shape index (κ2) is 8.20. The minimum Gasteiger partial charge on any atom is -0.383 e. The van der Waals surface area contributed by atoms with Gasteiger partial charge in [-0.2, -0.15) is 9.40 Å². The molecule has 9 heteroatoms. The normalized spacial score (nSPS) is 12.2. The Bertz CT molecular complexity index is 478. The number of aromatic amines is 1. The smallest absolute Gasteiger partial charge is 0.248 e. The third kappa shape index (κ3) is 4.44. The number of H-pyrrole nitrogens is 1. The van der Waals surface area contributed by atoms with E-state index in [-0.39, 0.29) is 23.8 Å². The van der Waals surface area contributed by atoms with Crippen molar-refractivity contribution in [2.75, 3.05) is 45.3 Å². The number of aromatic nitrogens is 2. The number of nitrogens with two attached hydrogens (primary N) is 1. The van der Waals surface area contributed by atoms with Gasteiger partial charge in [0, 0.05) is 26.3 Å². The van der Waals surface area contributed by atoms with Gasteiger partial charge in [-0.3, -0.25) is 5.10 Å². The Morgan fingerprint density at radius 3 is 2.20 bits per heavy atom. The summed E-state index contributed by atoms with van der Waals surface area (Å²) in [5, 5.41) is 6.07. The largest absolute Gasteiger partial charge is 0.383 e. The van der Waals surface area contributed by atoms with Crippen LogP contribution in [0.15, 0.2) is 11.1 Å². The minimum atomic E-state index is -3.69. The molecule has 8 nitrogen and oxygen atoms in total. The molecule has 0 unspecified atom stereocenters. The second-order valence-electron chi connectivity index (χ2n) is 3.95. The molecule has 0 radical (unpaired) electrons. The van der Waals surface area contributed by atoms with Crippen LogP contribution in [0.3, 0.4) is 0 Å². The van der Waals surface area contributed by atoms with Gasteiger partial charge in [0.15, 0.2) is 0 Å². The molecule has 1 rings (SSSR count). The average molecular weight is 306 g/mol. The van der Waals surface area contributed by atoms with Crippen LogP contribution in [0.2, 0.25) is 0 Å². The maximum atomic E-state index is 12.5. The van der Waals surface area contributed by atoms with Crippen LogP contribution in [0.5, 0.6) is 0 Å². The Balaban J connectivity index is 2.81. The van der Waals surface area contributed by atoms with Gasteiger partial charge in [0.2, 0.25) is 10.0 Å². The highest BCUT2D eigenvalue weighted by Crippen LogP contribution is 2.19. The Kier molecular flexibility index (Phi) is 6.93. The van der Waals surface area contributed by atoms with E-state index in [1.54, 1.807) is 0 Å². The first-order chi connectivity index (χ1) is 9.54. The van der Waals surface area contributed by atoms with Crippen molar-refractivity contribution in [3.63, 3.8) is 0 Å². The van der Waals surface area contributed by atoms with Crippen molar-refractivity contribution in [1.82, 2.24) is 14.5 Å². The van der Waals surface area contributed by atoms with Crippen LogP contribution in [0.25, 0.3) is 0 Å². The molecule has 0 amide bonds. The van der Waals surface area contributed by atoms with Gasteiger partial charge < -0.3 is 15.2 Å². The van der Waals surface area contributed by atoms with Gasteiger partial charge >= 0.3 is 0 Å². The number of anilines is 1. The molecular formula is C11H22N4O4S. The first-order valence-corrected chi connectivity index (χ1v) is 7.92. The summed E-state index contributed by atoms with van der Waals surface area (Å²) in [6.07, 6.45) is 1.21. The summed E-state index contributed by atoms with van der Waals surface area (Å²) in [6.45, 7) is 5.90. The molecule has 1 heterocycles. The number of rotatable bonds is 10. The van der Waals surface area contributed by atoms with E-state index in [1.165, 1.54) is 10.5 Å². The van der Waals surface area contributed by atoms with Crippen molar-refractivity contribution in [3.8, 4) is 0 Å². The Morgan fingerprint density at radius 2 is 1.80 bits per heavy atom. The molecule has 0 aromatic carbocycles. The van der Waals surface area contributed by atoms with Gasteiger partial charge in [-0.25, -0.2) is 8.42 Å². The highest BCUT2D eigenvalue weighted by molar-refractivity contribution is 7.89. The molecule has 0 aliphatic heterocycles. The van der Waals surface area contributed by atoms with Crippen molar-refractivity contribution in [1.29, 1.82) is 0 Å². The third-order valence-electron chi connectivity index (χ3n) is 2.63. The molecule has 0 saturated carbocycles. The van der Waals surface area contributed by atoms with E-state index in [2.05, 4.69) is 10.2 Å². The molecule has 0 aliphatic carbocycles. The fourth-order valence-electron chi connectivity index (χ4n) is 1.60. The summed E-state index contributed by atoms with van der Waals surface area (Å²) in [5.41, 5.74) is 5.59. The van der Waals surface area contributed by atoms with Crippen LogP contribution < -0.4 is 5.73 Å². The van der Waals surface area contributed by atoms with E-state index in [4.69, 9.17) is 15.2 Å². The molecule has 0 bridgehead atoms. The van der Waals surface area contributed by atoms with Gasteiger partial charge in [-0.05, 0) is 13.8 Å². The zero-order chi connectivity index (χ0) is 15.0. The first-order valence-electron chi connectivity index (χ1n) is 6.48. The number of sulfonamides is 1. The lowest BCUT2D eigenvalue weighted by atomic mass is 10.6. The standard InChI is InChI=1S/C11H22N4O4S/c1-3-18-7-5-15(6-8-19-4-2)20(16,17)10-9-13-14-11(10)12/h9H,3-8H2,1-2H3,(H3,12,13,14). The summed E-state index contributed by atoms with van der Waals surface area (Å²) in [7, 11) is -3.69. The monoisotopic (exact) mass is 306 g/mol. The Labute approximate surface area is 119 Å². The van der Waals surface area contributed by atoms with E-state index in [1.807, 2.05) is 13.8 Å². The third-order valence-corrected chi connectivity index (χ3v) is 4.55. The van der Waals surface area contributed by atoms with Gasteiger partial charge in [0.25, 0.3) is 0 Å². The topological polar surface area (TPSA) is 111 Å². The molecule has 0 aliphatic rings. The molecule has 20 heavy (non-hydrogen) atoms. The summed E-state index contributed by atoms with van der Waals surface area (Å²) >= 11 is 0. The van der Waals surface area contributed by atoms with E-state index >= 15 is 0 Å². The van der Waals surface area contributed by atoms with Crippen LogP contribution >= 0.6 is 0 Å². The molecule has 0 atom stereocenters. The predicted molar refractivity (Wildman–Crippen MR) is 74.7 cm³/mol.